The van der Waals surface area contributed by atoms with Gasteiger partial charge >= 0.3 is 0 Å². The number of hydrogen-bond acceptors (Lipinski definition) is 4. The van der Waals surface area contributed by atoms with Gasteiger partial charge in [-0.05, 0) is 19.4 Å². The monoisotopic (exact) mass is 193 g/mol. The summed E-state index contributed by atoms with van der Waals surface area (Å²) in [4.78, 5) is 8.71. The molecule has 1 unspecified atom stereocenters. The molecule has 1 aromatic heterocycles. The van der Waals surface area contributed by atoms with Gasteiger partial charge in [-0.15, -0.1) is 0 Å². The lowest BCUT2D eigenvalue weighted by molar-refractivity contribution is 0.0220. The van der Waals surface area contributed by atoms with E-state index in [-0.39, 0.29) is 6.10 Å². The largest absolute Gasteiger partial charge is 0.368 e. The van der Waals surface area contributed by atoms with Gasteiger partial charge in [-0.25, -0.2) is 9.97 Å². The van der Waals surface area contributed by atoms with Crippen LogP contribution in [0.2, 0.25) is 0 Å². The van der Waals surface area contributed by atoms with E-state index in [9.17, 15) is 0 Å². The quantitative estimate of drug-likeness (QED) is 0.715. The maximum atomic E-state index is 5.57. The molecule has 1 atom stereocenters. The molecule has 1 aliphatic rings. The molecule has 0 bridgehead atoms. The van der Waals surface area contributed by atoms with Crippen molar-refractivity contribution in [2.75, 3.05) is 19.7 Å². The SMILES string of the molecule is Cc1cnc(C2CNCCO2)nc1C. The Labute approximate surface area is 83.7 Å². The summed E-state index contributed by atoms with van der Waals surface area (Å²) in [6.07, 6.45) is 1.87. The molecular weight excluding hydrogens is 178 g/mol. The normalized spacial score (nSPS) is 22.3. The zero-order valence-corrected chi connectivity index (χ0v) is 8.58. The van der Waals surface area contributed by atoms with Gasteiger partial charge in [-0.2, -0.15) is 0 Å². The highest BCUT2D eigenvalue weighted by atomic mass is 16.5. The Bertz CT molecular complexity index is 321. The number of rotatable bonds is 1. The average molecular weight is 193 g/mol. The zero-order chi connectivity index (χ0) is 9.97. The molecular formula is C10H15N3O. The molecule has 0 radical (unpaired) electrons. The first kappa shape index (κ1) is 9.55. The van der Waals surface area contributed by atoms with Gasteiger partial charge in [0.15, 0.2) is 5.82 Å². The summed E-state index contributed by atoms with van der Waals surface area (Å²) in [6, 6.07) is 0. The van der Waals surface area contributed by atoms with Crippen LogP contribution in [0.25, 0.3) is 0 Å². The van der Waals surface area contributed by atoms with E-state index < -0.39 is 0 Å². The maximum absolute atomic E-state index is 5.57. The fourth-order valence-electron chi connectivity index (χ4n) is 1.43. The summed E-state index contributed by atoms with van der Waals surface area (Å²) in [7, 11) is 0. The molecule has 1 fully saturated rings. The second-order valence-corrected chi connectivity index (χ2v) is 3.56. The van der Waals surface area contributed by atoms with E-state index in [2.05, 4.69) is 15.3 Å². The molecule has 0 spiro atoms. The van der Waals surface area contributed by atoms with Gasteiger partial charge in [0.2, 0.25) is 0 Å². The molecule has 1 saturated heterocycles. The lowest BCUT2D eigenvalue weighted by atomic mass is 10.2. The van der Waals surface area contributed by atoms with E-state index in [1.807, 2.05) is 20.0 Å². The Morgan fingerprint density at radius 3 is 3.00 bits per heavy atom. The summed E-state index contributed by atoms with van der Waals surface area (Å²) in [6.45, 7) is 6.47. The van der Waals surface area contributed by atoms with Gasteiger partial charge in [-0.3, -0.25) is 0 Å². The first-order valence-electron chi connectivity index (χ1n) is 4.90. The van der Waals surface area contributed by atoms with E-state index in [1.54, 1.807) is 0 Å². The Morgan fingerprint density at radius 2 is 2.36 bits per heavy atom. The van der Waals surface area contributed by atoms with Crippen LogP contribution in [0.5, 0.6) is 0 Å². The second-order valence-electron chi connectivity index (χ2n) is 3.56. The standard InChI is InChI=1S/C10H15N3O/c1-7-5-12-10(13-8(7)2)9-6-11-3-4-14-9/h5,9,11H,3-4,6H2,1-2H3. The van der Waals surface area contributed by atoms with Crippen LogP contribution in [0.4, 0.5) is 0 Å². The molecule has 0 amide bonds. The summed E-state index contributed by atoms with van der Waals surface area (Å²) in [5, 5.41) is 3.26. The Morgan fingerprint density at radius 1 is 1.50 bits per heavy atom. The van der Waals surface area contributed by atoms with Gasteiger partial charge in [0.05, 0.1) is 6.61 Å². The molecule has 1 N–H and O–H groups in total. The second kappa shape index (κ2) is 4.02. The molecule has 4 heteroatoms. The van der Waals surface area contributed by atoms with Gasteiger partial charge in [-0.1, -0.05) is 0 Å². The molecule has 2 heterocycles. The van der Waals surface area contributed by atoms with Crippen molar-refractivity contribution in [1.82, 2.24) is 15.3 Å². The minimum atomic E-state index is 0.0167. The fraction of sp³-hybridized carbons (Fsp3) is 0.600. The predicted octanol–water partition coefficient (Wildman–Crippen LogP) is 0.754. The lowest BCUT2D eigenvalue weighted by Gasteiger charge is -2.22. The van der Waals surface area contributed by atoms with Gasteiger partial charge in [0.1, 0.15) is 6.10 Å². The smallest absolute Gasteiger partial charge is 0.158 e. The molecule has 1 aliphatic heterocycles. The summed E-state index contributed by atoms with van der Waals surface area (Å²) < 4.78 is 5.57. The summed E-state index contributed by atoms with van der Waals surface area (Å²) >= 11 is 0. The molecule has 14 heavy (non-hydrogen) atoms. The van der Waals surface area contributed by atoms with Crippen molar-refractivity contribution in [2.24, 2.45) is 0 Å². The minimum absolute atomic E-state index is 0.0167. The molecule has 0 aromatic carbocycles. The van der Waals surface area contributed by atoms with E-state index in [0.29, 0.717) is 0 Å². The highest BCUT2D eigenvalue weighted by Gasteiger charge is 2.18. The van der Waals surface area contributed by atoms with Crippen molar-refractivity contribution in [3.63, 3.8) is 0 Å². The third kappa shape index (κ3) is 1.91. The highest BCUT2D eigenvalue weighted by molar-refractivity contribution is 5.14. The number of nitrogens with one attached hydrogen (secondary N) is 1. The van der Waals surface area contributed by atoms with Crippen LogP contribution in [-0.2, 0) is 4.74 Å². The van der Waals surface area contributed by atoms with Crippen LogP contribution >= 0.6 is 0 Å². The number of aryl methyl sites for hydroxylation is 2. The third-order valence-corrected chi connectivity index (χ3v) is 2.46. The van der Waals surface area contributed by atoms with Crippen molar-refractivity contribution in [1.29, 1.82) is 0 Å². The lowest BCUT2D eigenvalue weighted by Crippen LogP contribution is -2.34. The summed E-state index contributed by atoms with van der Waals surface area (Å²) in [5.41, 5.74) is 2.15. The van der Waals surface area contributed by atoms with Crippen LogP contribution in [0.3, 0.4) is 0 Å². The van der Waals surface area contributed by atoms with Crippen molar-refractivity contribution >= 4 is 0 Å². The Hall–Kier alpha value is -1.00. The number of aromatic nitrogens is 2. The van der Waals surface area contributed by atoms with E-state index >= 15 is 0 Å². The van der Waals surface area contributed by atoms with E-state index in [0.717, 1.165) is 36.8 Å². The van der Waals surface area contributed by atoms with Crippen LogP contribution in [0.1, 0.15) is 23.2 Å². The molecule has 0 saturated carbocycles. The number of ether oxygens (including phenoxy) is 1. The number of nitrogens with zero attached hydrogens (tertiary/aromatic N) is 2. The van der Waals surface area contributed by atoms with Crippen molar-refractivity contribution in [2.45, 2.75) is 20.0 Å². The van der Waals surface area contributed by atoms with Crippen LogP contribution in [0, 0.1) is 13.8 Å². The third-order valence-electron chi connectivity index (χ3n) is 2.46. The Balaban J connectivity index is 2.18. The molecule has 76 valence electrons. The van der Waals surface area contributed by atoms with Crippen molar-refractivity contribution in [3.05, 3.63) is 23.3 Å². The minimum Gasteiger partial charge on any atom is -0.368 e. The number of hydrogen-bond donors (Lipinski definition) is 1. The van der Waals surface area contributed by atoms with E-state index in [4.69, 9.17) is 4.74 Å². The van der Waals surface area contributed by atoms with Gasteiger partial charge < -0.3 is 10.1 Å². The van der Waals surface area contributed by atoms with Crippen LogP contribution in [-0.4, -0.2) is 29.7 Å². The topological polar surface area (TPSA) is 47.0 Å². The van der Waals surface area contributed by atoms with Gasteiger partial charge in [0.25, 0.3) is 0 Å². The van der Waals surface area contributed by atoms with Gasteiger partial charge in [0, 0.05) is 25.0 Å². The predicted molar refractivity (Wildman–Crippen MR) is 53.1 cm³/mol. The number of morpholine rings is 1. The average Bonchev–Trinajstić information content (AvgIpc) is 2.23. The van der Waals surface area contributed by atoms with Crippen molar-refractivity contribution < 1.29 is 4.74 Å². The molecule has 0 aliphatic carbocycles. The molecule has 4 nitrogen and oxygen atoms in total. The fourth-order valence-corrected chi connectivity index (χ4v) is 1.43. The van der Waals surface area contributed by atoms with Crippen molar-refractivity contribution in [3.8, 4) is 0 Å². The maximum Gasteiger partial charge on any atom is 0.158 e. The van der Waals surface area contributed by atoms with Crippen LogP contribution < -0.4 is 5.32 Å². The highest BCUT2D eigenvalue weighted by Crippen LogP contribution is 2.15. The Kier molecular flexibility index (Phi) is 2.74. The first-order chi connectivity index (χ1) is 6.77. The molecule has 2 rings (SSSR count). The molecule has 1 aromatic rings. The van der Waals surface area contributed by atoms with Crippen LogP contribution in [0.15, 0.2) is 6.20 Å². The first-order valence-corrected chi connectivity index (χ1v) is 4.90. The summed E-state index contributed by atoms with van der Waals surface area (Å²) in [5.74, 6) is 0.792. The zero-order valence-electron chi connectivity index (χ0n) is 8.58. The van der Waals surface area contributed by atoms with E-state index in [1.165, 1.54) is 0 Å².